The summed E-state index contributed by atoms with van der Waals surface area (Å²) in [6.45, 7) is 1.74. The van der Waals surface area contributed by atoms with Gasteiger partial charge < -0.3 is 19.1 Å². The molecule has 21 heavy (non-hydrogen) atoms. The molecule has 0 aliphatic heterocycles. The Balaban J connectivity index is 2.94. The highest BCUT2D eigenvalue weighted by Gasteiger charge is 2.24. The van der Waals surface area contributed by atoms with E-state index >= 15 is 0 Å². The number of carbonyl (C=O) groups is 1. The second kappa shape index (κ2) is 5.77. The maximum absolute atomic E-state index is 12.3. The van der Waals surface area contributed by atoms with Gasteiger partial charge in [0.15, 0.2) is 5.56 Å². The Morgan fingerprint density at radius 1 is 1.43 bits per heavy atom. The number of aromatic nitrogens is 1. The highest BCUT2D eigenvalue weighted by atomic mass is 79.9. The third kappa shape index (κ3) is 2.49. The number of hydrogen-bond donors (Lipinski definition) is 1. The van der Waals surface area contributed by atoms with Gasteiger partial charge in [0, 0.05) is 16.9 Å². The second-order valence-electron chi connectivity index (χ2n) is 4.31. The Morgan fingerprint density at radius 3 is 2.67 bits per heavy atom. The van der Waals surface area contributed by atoms with Crippen LogP contribution in [-0.2, 0) is 11.8 Å². The van der Waals surface area contributed by atoms with Crippen LogP contribution in [0.1, 0.15) is 17.3 Å². The van der Waals surface area contributed by atoms with Crippen LogP contribution < -0.4 is 10.3 Å². The van der Waals surface area contributed by atoms with Gasteiger partial charge >= 0.3 is 5.97 Å². The number of pyridine rings is 1. The first-order valence-electron chi connectivity index (χ1n) is 6.18. The van der Waals surface area contributed by atoms with E-state index in [4.69, 9.17) is 9.47 Å². The molecule has 0 unspecified atom stereocenters. The van der Waals surface area contributed by atoms with Gasteiger partial charge in [-0.3, -0.25) is 4.79 Å². The van der Waals surface area contributed by atoms with E-state index in [9.17, 15) is 14.7 Å². The molecule has 1 heterocycles. The Kier molecular flexibility index (Phi) is 4.22. The minimum atomic E-state index is -0.851. The Morgan fingerprint density at radius 2 is 2.10 bits per heavy atom. The molecule has 1 N–H and O–H groups in total. The van der Waals surface area contributed by atoms with Crippen molar-refractivity contribution in [2.45, 2.75) is 6.92 Å². The summed E-state index contributed by atoms with van der Waals surface area (Å²) in [6, 6.07) is 3.28. The zero-order chi connectivity index (χ0) is 15.7. The third-order valence-electron chi connectivity index (χ3n) is 3.09. The van der Waals surface area contributed by atoms with E-state index in [0.29, 0.717) is 21.1 Å². The highest BCUT2D eigenvalue weighted by Crippen LogP contribution is 2.35. The van der Waals surface area contributed by atoms with Crippen LogP contribution in [-0.4, -0.2) is 29.4 Å². The molecule has 1 aromatic carbocycles. The standard InChI is InChI=1S/C14H14BrNO5/c1-4-21-14(19)10-12(17)8-5-7(15)6-9(20-3)11(8)16(2)13(10)18/h5-6,17H,4H2,1-3H3. The van der Waals surface area contributed by atoms with Crippen LogP contribution in [0.3, 0.4) is 0 Å². The van der Waals surface area contributed by atoms with Crippen molar-refractivity contribution in [2.24, 2.45) is 7.05 Å². The van der Waals surface area contributed by atoms with Gasteiger partial charge in [-0.15, -0.1) is 0 Å². The van der Waals surface area contributed by atoms with Crippen LogP contribution >= 0.6 is 15.9 Å². The monoisotopic (exact) mass is 355 g/mol. The normalized spacial score (nSPS) is 10.7. The molecule has 1 aromatic heterocycles. The Labute approximate surface area is 129 Å². The fourth-order valence-electron chi connectivity index (χ4n) is 2.15. The lowest BCUT2D eigenvalue weighted by Crippen LogP contribution is -2.26. The minimum Gasteiger partial charge on any atom is -0.506 e. The summed E-state index contributed by atoms with van der Waals surface area (Å²) in [5.41, 5.74) is -0.623. The zero-order valence-corrected chi connectivity index (χ0v) is 13.4. The van der Waals surface area contributed by atoms with Crippen LogP contribution in [0.4, 0.5) is 0 Å². The maximum Gasteiger partial charge on any atom is 0.347 e. The molecule has 0 amide bonds. The van der Waals surface area contributed by atoms with Gasteiger partial charge in [0.25, 0.3) is 5.56 Å². The summed E-state index contributed by atoms with van der Waals surface area (Å²) in [5, 5.41) is 10.6. The molecule has 0 spiro atoms. The largest absolute Gasteiger partial charge is 0.506 e. The highest BCUT2D eigenvalue weighted by molar-refractivity contribution is 9.10. The number of benzene rings is 1. The first-order valence-corrected chi connectivity index (χ1v) is 6.98. The molecule has 0 saturated heterocycles. The van der Waals surface area contributed by atoms with Gasteiger partial charge in [0.1, 0.15) is 11.5 Å². The molecule has 0 fully saturated rings. The summed E-state index contributed by atoms with van der Waals surface area (Å²) in [4.78, 5) is 24.2. The number of ether oxygens (including phenoxy) is 2. The van der Waals surface area contributed by atoms with Crippen molar-refractivity contribution >= 4 is 32.8 Å². The van der Waals surface area contributed by atoms with Crippen LogP contribution in [0, 0.1) is 0 Å². The van der Waals surface area contributed by atoms with Crippen LogP contribution in [0.25, 0.3) is 10.9 Å². The molecule has 6 nitrogen and oxygen atoms in total. The number of aryl methyl sites for hydroxylation is 1. The summed E-state index contributed by atoms with van der Waals surface area (Å²) in [5.74, 6) is -0.854. The summed E-state index contributed by atoms with van der Waals surface area (Å²) < 4.78 is 12.0. The SMILES string of the molecule is CCOC(=O)c1c(O)c2cc(Br)cc(OC)c2n(C)c1=O. The number of carbonyl (C=O) groups excluding carboxylic acids is 1. The van der Waals surface area contributed by atoms with Crippen LogP contribution in [0.15, 0.2) is 21.4 Å². The van der Waals surface area contributed by atoms with Gasteiger partial charge in [-0.05, 0) is 19.1 Å². The fourth-order valence-corrected chi connectivity index (χ4v) is 2.59. The maximum atomic E-state index is 12.3. The van der Waals surface area contributed by atoms with Crippen molar-refractivity contribution < 1.29 is 19.4 Å². The van der Waals surface area contributed by atoms with E-state index in [1.165, 1.54) is 18.7 Å². The predicted molar refractivity (Wildman–Crippen MR) is 81.1 cm³/mol. The molecule has 0 atom stereocenters. The first-order chi connectivity index (χ1) is 9.92. The number of methoxy groups -OCH3 is 1. The smallest absolute Gasteiger partial charge is 0.347 e. The molecule has 0 saturated carbocycles. The number of hydrogen-bond acceptors (Lipinski definition) is 5. The van der Waals surface area contributed by atoms with Gasteiger partial charge in [0.05, 0.1) is 19.2 Å². The Hall–Kier alpha value is -2.02. The van der Waals surface area contributed by atoms with E-state index in [2.05, 4.69) is 15.9 Å². The van der Waals surface area contributed by atoms with Crippen molar-refractivity contribution in [3.8, 4) is 11.5 Å². The molecule has 0 aliphatic rings. The Bertz CT molecular complexity index is 781. The molecular formula is C14H14BrNO5. The molecule has 0 aliphatic carbocycles. The zero-order valence-electron chi connectivity index (χ0n) is 11.8. The second-order valence-corrected chi connectivity index (χ2v) is 5.23. The number of fused-ring (bicyclic) bond motifs is 1. The molecule has 2 aromatic rings. The summed E-state index contributed by atoms with van der Waals surface area (Å²) in [7, 11) is 2.96. The summed E-state index contributed by atoms with van der Waals surface area (Å²) in [6.07, 6.45) is 0. The van der Waals surface area contributed by atoms with Gasteiger partial charge in [-0.2, -0.15) is 0 Å². The molecular weight excluding hydrogens is 342 g/mol. The quantitative estimate of drug-likeness (QED) is 0.853. The van der Waals surface area contributed by atoms with E-state index < -0.39 is 17.3 Å². The summed E-state index contributed by atoms with van der Waals surface area (Å²) >= 11 is 3.30. The number of aromatic hydroxyl groups is 1. The average Bonchev–Trinajstić information content (AvgIpc) is 2.44. The third-order valence-corrected chi connectivity index (χ3v) is 3.54. The van der Waals surface area contributed by atoms with E-state index in [1.807, 2.05) is 0 Å². The van der Waals surface area contributed by atoms with Crippen molar-refractivity contribution in [3.05, 3.63) is 32.5 Å². The number of halogens is 1. The van der Waals surface area contributed by atoms with Gasteiger partial charge in [0.2, 0.25) is 0 Å². The van der Waals surface area contributed by atoms with Crippen molar-refractivity contribution in [2.75, 3.05) is 13.7 Å². The van der Waals surface area contributed by atoms with E-state index in [-0.39, 0.29) is 12.2 Å². The first kappa shape index (κ1) is 15.4. The molecule has 0 bridgehead atoms. The average molecular weight is 356 g/mol. The lowest BCUT2D eigenvalue weighted by atomic mass is 10.1. The minimum absolute atomic E-state index is 0.112. The van der Waals surface area contributed by atoms with E-state index in [1.54, 1.807) is 19.1 Å². The lowest BCUT2D eigenvalue weighted by molar-refractivity contribution is 0.0520. The topological polar surface area (TPSA) is 77.8 Å². The molecule has 7 heteroatoms. The van der Waals surface area contributed by atoms with Crippen molar-refractivity contribution in [1.82, 2.24) is 4.57 Å². The van der Waals surface area contributed by atoms with Crippen molar-refractivity contribution in [1.29, 1.82) is 0 Å². The number of esters is 1. The number of nitrogens with zero attached hydrogens (tertiary/aromatic N) is 1. The molecule has 2 rings (SSSR count). The molecule has 0 radical (unpaired) electrons. The van der Waals surface area contributed by atoms with Crippen molar-refractivity contribution in [3.63, 3.8) is 0 Å². The van der Waals surface area contributed by atoms with Crippen LogP contribution in [0.2, 0.25) is 0 Å². The number of rotatable bonds is 3. The molecule has 112 valence electrons. The van der Waals surface area contributed by atoms with Crippen LogP contribution in [0.5, 0.6) is 11.5 Å². The predicted octanol–water partition coefficient (Wildman–Crippen LogP) is 2.19. The lowest BCUT2D eigenvalue weighted by Gasteiger charge is -2.14. The van der Waals surface area contributed by atoms with E-state index in [0.717, 1.165) is 0 Å². The fraction of sp³-hybridized carbons (Fsp3) is 0.286. The van der Waals surface area contributed by atoms with Gasteiger partial charge in [-0.1, -0.05) is 15.9 Å². The van der Waals surface area contributed by atoms with Gasteiger partial charge in [-0.25, -0.2) is 4.79 Å².